The lowest BCUT2D eigenvalue weighted by atomic mass is 9.68. The van der Waals surface area contributed by atoms with Crippen molar-refractivity contribution in [3.8, 4) is 6.07 Å². The van der Waals surface area contributed by atoms with Gasteiger partial charge < -0.3 is 5.73 Å². The van der Waals surface area contributed by atoms with Crippen LogP contribution in [0.2, 0.25) is 0 Å². The molecular formula is C34H31F4N3OS. The van der Waals surface area contributed by atoms with Crippen molar-refractivity contribution in [1.82, 2.24) is 0 Å². The van der Waals surface area contributed by atoms with Gasteiger partial charge in [-0.2, -0.15) is 18.4 Å². The molecule has 2 aliphatic rings. The molecule has 3 aromatic rings. The standard InChI is InChI=1S/C34H31F4N3OS/c1-19-13-21(18-43-25-11-7-23(35)8-12-25)20(2)26(14-19)30-27(17-39)32(40)41(24-9-5-22(6-10-24)34(36,37)38)28-15-33(3,4)16-29(42)31(28)30/h5-14,30H,15-16,18,40H2,1-4H3. The number of anilines is 1. The van der Waals surface area contributed by atoms with E-state index < -0.39 is 23.1 Å². The van der Waals surface area contributed by atoms with E-state index in [0.717, 1.165) is 39.3 Å². The number of carbonyl (C=O) groups is 1. The minimum atomic E-state index is -4.51. The number of carbonyl (C=O) groups excluding carboxylic acids is 1. The van der Waals surface area contributed by atoms with E-state index >= 15 is 0 Å². The number of Topliss-reactive ketones (excluding diaryl/α,β-unsaturated/α-hetero) is 1. The fourth-order valence-corrected chi connectivity index (χ4v) is 6.97. The van der Waals surface area contributed by atoms with Crippen LogP contribution in [0.1, 0.15) is 60.4 Å². The number of nitriles is 1. The van der Waals surface area contributed by atoms with Crippen LogP contribution in [0, 0.1) is 36.4 Å². The highest BCUT2D eigenvalue weighted by Gasteiger charge is 2.45. The Morgan fingerprint density at radius 3 is 2.30 bits per heavy atom. The van der Waals surface area contributed by atoms with Crippen LogP contribution in [-0.4, -0.2) is 5.78 Å². The van der Waals surface area contributed by atoms with Crippen molar-refractivity contribution in [1.29, 1.82) is 5.26 Å². The first-order valence-corrected chi connectivity index (χ1v) is 14.8. The summed E-state index contributed by atoms with van der Waals surface area (Å²) in [6.07, 6.45) is -3.80. The molecule has 0 fully saturated rings. The van der Waals surface area contributed by atoms with Crippen LogP contribution in [0.4, 0.5) is 23.2 Å². The number of hydrogen-bond donors (Lipinski definition) is 1. The van der Waals surface area contributed by atoms with Crippen LogP contribution < -0.4 is 10.6 Å². The molecule has 0 amide bonds. The summed E-state index contributed by atoms with van der Waals surface area (Å²) < 4.78 is 53.4. The normalized spacial score (nSPS) is 18.5. The quantitative estimate of drug-likeness (QED) is 0.233. The lowest BCUT2D eigenvalue weighted by Gasteiger charge is -2.44. The summed E-state index contributed by atoms with van der Waals surface area (Å²) in [6.45, 7) is 7.85. The Kier molecular flexibility index (Phi) is 7.95. The smallest absolute Gasteiger partial charge is 0.384 e. The van der Waals surface area contributed by atoms with Crippen molar-refractivity contribution in [3.05, 3.63) is 117 Å². The van der Waals surface area contributed by atoms with Crippen LogP contribution >= 0.6 is 11.8 Å². The maximum Gasteiger partial charge on any atom is 0.416 e. The van der Waals surface area contributed by atoms with Crippen molar-refractivity contribution >= 4 is 23.2 Å². The maximum atomic E-state index is 13.9. The highest BCUT2D eigenvalue weighted by molar-refractivity contribution is 7.98. The van der Waals surface area contributed by atoms with Gasteiger partial charge in [-0.25, -0.2) is 4.39 Å². The van der Waals surface area contributed by atoms with E-state index in [4.69, 9.17) is 5.73 Å². The van der Waals surface area contributed by atoms with E-state index in [1.807, 2.05) is 33.8 Å². The Morgan fingerprint density at radius 2 is 1.70 bits per heavy atom. The maximum absolute atomic E-state index is 13.9. The molecule has 1 atom stereocenters. The number of nitrogens with two attached hydrogens (primary N) is 1. The fraction of sp³-hybridized carbons (Fsp3) is 0.294. The van der Waals surface area contributed by atoms with Crippen LogP contribution in [0.3, 0.4) is 0 Å². The van der Waals surface area contributed by atoms with Gasteiger partial charge in [0.2, 0.25) is 0 Å². The van der Waals surface area contributed by atoms with Crippen LogP contribution in [0.25, 0.3) is 0 Å². The van der Waals surface area contributed by atoms with E-state index in [1.54, 1.807) is 28.8 Å². The van der Waals surface area contributed by atoms with Gasteiger partial charge in [0.25, 0.3) is 0 Å². The molecule has 1 unspecified atom stereocenters. The lowest BCUT2D eigenvalue weighted by molar-refractivity contribution is -0.137. The molecule has 1 heterocycles. The number of halogens is 4. The zero-order valence-electron chi connectivity index (χ0n) is 24.3. The minimum absolute atomic E-state index is 0.0969. The first-order valence-electron chi connectivity index (χ1n) is 13.8. The van der Waals surface area contributed by atoms with Gasteiger partial charge >= 0.3 is 6.18 Å². The Morgan fingerprint density at radius 1 is 1.05 bits per heavy atom. The van der Waals surface area contributed by atoms with Crippen molar-refractivity contribution < 1.29 is 22.4 Å². The van der Waals surface area contributed by atoms with Gasteiger partial charge in [0.05, 0.1) is 23.1 Å². The number of hydrogen-bond acceptors (Lipinski definition) is 5. The Bertz CT molecular complexity index is 1700. The number of ketones is 1. The van der Waals surface area contributed by atoms with Crippen molar-refractivity contribution in [3.63, 3.8) is 0 Å². The number of alkyl halides is 3. The minimum Gasteiger partial charge on any atom is -0.384 e. The molecule has 222 valence electrons. The summed E-state index contributed by atoms with van der Waals surface area (Å²) in [5, 5.41) is 10.5. The first kappa shape index (κ1) is 30.4. The van der Waals surface area contributed by atoms with Gasteiger partial charge in [0.15, 0.2) is 5.78 Å². The average Bonchev–Trinajstić information content (AvgIpc) is 2.92. The van der Waals surface area contributed by atoms with E-state index in [2.05, 4.69) is 12.1 Å². The molecule has 9 heteroatoms. The van der Waals surface area contributed by atoms with Gasteiger partial charge in [-0.15, -0.1) is 11.8 Å². The molecule has 0 saturated heterocycles. The molecule has 2 N–H and O–H groups in total. The van der Waals surface area contributed by atoms with Gasteiger partial charge in [-0.3, -0.25) is 9.69 Å². The van der Waals surface area contributed by atoms with Crippen LogP contribution in [0.15, 0.2) is 88.2 Å². The summed E-state index contributed by atoms with van der Waals surface area (Å²) in [6, 6.07) is 17.2. The molecule has 1 aliphatic heterocycles. The van der Waals surface area contributed by atoms with E-state index in [1.165, 1.54) is 24.3 Å². The van der Waals surface area contributed by atoms with Gasteiger partial charge in [0, 0.05) is 34.0 Å². The third-order valence-electron chi connectivity index (χ3n) is 8.05. The summed E-state index contributed by atoms with van der Waals surface area (Å²) in [7, 11) is 0. The van der Waals surface area contributed by atoms with Crippen LogP contribution in [-0.2, 0) is 16.7 Å². The number of rotatable bonds is 5. The Balaban J connectivity index is 1.65. The average molecular weight is 606 g/mol. The summed E-state index contributed by atoms with van der Waals surface area (Å²) in [5.41, 5.74) is 10.7. The highest BCUT2D eigenvalue weighted by atomic mass is 32.2. The molecule has 0 bridgehead atoms. The summed E-state index contributed by atoms with van der Waals surface area (Å²) in [5.74, 6) is -0.455. The van der Waals surface area contributed by atoms with Crippen molar-refractivity contribution in [2.24, 2.45) is 11.1 Å². The molecule has 0 aromatic heterocycles. The van der Waals surface area contributed by atoms with E-state index in [9.17, 15) is 27.6 Å². The molecule has 3 aromatic carbocycles. The number of thioether (sulfide) groups is 1. The molecule has 1 aliphatic carbocycles. The second-order valence-electron chi connectivity index (χ2n) is 11.9. The van der Waals surface area contributed by atoms with E-state index in [-0.39, 0.29) is 29.4 Å². The summed E-state index contributed by atoms with van der Waals surface area (Å²) in [4.78, 5) is 16.4. The first-order chi connectivity index (χ1) is 20.2. The van der Waals surface area contributed by atoms with Gasteiger partial charge in [-0.1, -0.05) is 31.5 Å². The van der Waals surface area contributed by atoms with Gasteiger partial charge in [0.1, 0.15) is 11.6 Å². The SMILES string of the molecule is Cc1cc(CSc2ccc(F)cc2)c(C)c(C2C(C#N)=C(N)N(c3ccc(C(F)(F)F)cc3)C3=C2C(=O)CC(C)(C)C3)c1. The molecule has 4 nitrogen and oxygen atoms in total. The number of benzene rings is 3. The topological polar surface area (TPSA) is 70.1 Å². The second-order valence-corrected chi connectivity index (χ2v) is 13.0. The number of nitrogens with zero attached hydrogens (tertiary/aromatic N) is 2. The zero-order valence-corrected chi connectivity index (χ0v) is 25.1. The zero-order chi connectivity index (χ0) is 31.3. The van der Waals surface area contributed by atoms with E-state index in [0.29, 0.717) is 29.1 Å². The molecule has 0 saturated carbocycles. The molecule has 43 heavy (non-hydrogen) atoms. The Labute approximate surface area is 252 Å². The highest BCUT2D eigenvalue weighted by Crippen LogP contribution is 2.51. The number of allylic oxidation sites excluding steroid dienone is 3. The third-order valence-corrected chi connectivity index (χ3v) is 9.11. The Hall–Kier alpha value is -4.03. The van der Waals surface area contributed by atoms with Gasteiger partial charge in [-0.05, 0) is 90.9 Å². The molecule has 0 radical (unpaired) electrons. The predicted octanol–water partition coefficient (Wildman–Crippen LogP) is 8.69. The molecule has 0 spiro atoms. The summed E-state index contributed by atoms with van der Waals surface area (Å²) >= 11 is 1.56. The second kappa shape index (κ2) is 11.2. The fourth-order valence-electron chi connectivity index (χ4n) is 6.02. The number of aryl methyl sites for hydroxylation is 1. The van der Waals surface area contributed by atoms with Crippen LogP contribution in [0.5, 0.6) is 0 Å². The third kappa shape index (κ3) is 5.94. The lowest BCUT2D eigenvalue weighted by Crippen LogP contribution is -2.42. The monoisotopic (exact) mass is 605 g/mol. The molecule has 5 rings (SSSR count). The predicted molar refractivity (Wildman–Crippen MR) is 160 cm³/mol. The van der Waals surface area contributed by atoms with Crippen molar-refractivity contribution in [2.75, 3.05) is 4.90 Å². The largest absolute Gasteiger partial charge is 0.416 e. The van der Waals surface area contributed by atoms with Crippen molar-refractivity contribution in [2.45, 2.75) is 63.3 Å². The molecular weight excluding hydrogens is 574 g/mol.